The summed E-state index contributed by atoms with van der Waals surface area (Å²) in [5.74, 6) is -0.201. The molecule has 112 valence electrons. The number of benzene rings is 1. The first-order valence-electron chi connectivity index (χ1n) is 7.47. The molecule has 2 saturated heterocycles. The Hall–Kier alpha value is -1.88. The molecule has 1 aromatic carbocycles. The lowest BCUT2D eigenvalue weighted by atomic mass is 10.1. The van der Waals surface area contributed by atoms with Crippen molar-refractivity contribution in [3.63, 3.8) is 0 Å². The van der Waals surface area contributed by atoms with Gasteiger partial charge in [0.25, 0.3) is 0 Å². The third-order valence-electron chi connectivity index (χ3n) is 4.13. The molecule has 0 aromatic heterocycles. The van der Waals surface area contributed by atoms with Crippen LogP contribution in [0, 0.1) is 0 Å². The molecule has 0 radical (unpaired) electrons. The Morgan fingerprint density at radius 3 is 2.76 bits per heavy atom. The molecular weight excluding hydrogens is 268 g/mol. The van der Waals surface area contributed by atoms with E-state index in [1.165, 1.54) is 0 Å². The van der Waals surface area contributed by atoms with Crippen molar-refractivity contribution in [1.29, 1.82) is 0 Å². The van der Waals surface area contributed by atoms with Crippen molar-refractivity contribution in [3.8, 4) is 0 Å². The Balaban J connectivity index is 1.68. The minimum Gasteiger partial charge on any atom is -0.368 e. The van der Waals surface area contributed by atoms with E-state index in [1.807, 2.05) is 37.3 Å². The molecular formula is C16H20N2O3. The average Bonchev–Trinajstić information content (AvgIpc) is 3.09. The van der Waals surface area contributed by atoms with Gasteiger partial charge in [0.1, 0.15) is 12.1 Å². The fraction of sp³-hybridized carbons (Fsp3) is 0.500. The van der Waals surface area contributed by atoms with Crippen LogP contribution in [0.3, 0.4) is 0 Å². The SMILES string of the molecule is CC1CC(NC(=O)C2CCCO2)C(=O)N1c1ccccc1. The van der Waals surface area contributed by atoms with Crippen molar-refractivity contribution in [2.75, 3.05) is 11.5 Å². The van der Waals surface area contributed by atoms with Gasteiger partial charge in [0.2, 0.25) is 11.8 Å². The van der Waals surface area contributed by atoms with E-state index >= 15 is 0 Å². The van der Waals surface area contributed by atoms with Crippen LogP contribution in [0.2, 0.25) is 0 Å². The zero-order valence-electron chi connectivity index (χ0n) is 12.1. The summed E-state index contributed by atoms with van der Waals surface area (Å²) in [5.41, 5.74) is 0.879. The lowest BCUT2D eigenvalue weighted by Crippen LogP contribution is -2.45. The fourth-order valence-electron chi connectivity index (χ4n) is 3.07. The molecule has 5 heteroatoms. The van der Waals surface area contributed by atoms with Gasteiger partial charge in [-0.05, 0) is 38.3 Å². The van der Waals surface area contributed by atoms with Gasteiger partial charge in [0, 0.05) is 18.3 Å². The van der Waals surface area contributed by atoms with Gasteiger partial charge in [0.05, 0.1) is 0 Å². The van der Waals surface area contributed by atoms with E-state index in [-0.39, 0.29) is 24.0 Å². The molecule has 0 saturated carbocycles. The van der Waals surface area contributed by atoms with Crippen molar-refractivity contribution in [1.82, 2.24) is 5.32 Å². The van der Waals surface area contributed by atoms with E-state index in [0.29, 0.717) is 13.0 Å². The number of carbonyl (C=O) groups is 2. The van der Waals surface area contributed by atoms with Crippen LogP contribution >= 0.6 is 0 Å². The summed E-state index contributed by atoms with van der Waals surface area (Å²) < 4.78 is 5.36. The number of amides is 2. The van der Waals surface area contributed by atoms with Crippen molar-refractivity contribution < 1.29 is 14.3 Å². The molecule has 2 amide bonds. The van der Waals surface area contributed by atoms with Crippen LogP contribution in [0.1, 0.15) is 26.2 Å². The number of para-hydroxylation sites is 1. The highest BCUT2D eigenvalue weighted by atomic mass is 16.5. The first kappa shape index (κ1) is 14.1. The van der Waals surface area contributed by atoms with Crippen molar-refractivity contribution >= 4 is 17.5 Å². The zero-order valence-corrected chi connectivity index (χ0v) is 12.1. The molecule has 0 aliphatic carbocycles. The topological polar surface area (TPSA) is 58.6 Å². The molecule has 0 spiro atoms. The van der Waals surface area contributed by atoms with Crippen molar-refractivity contribution in [2.24, 2.45) is 0 Å². The molecule has 2 aliphatic rings. The largest absolute Gasteiger partial charge is 0.368 e. The fourth-order valence-corrected chi connectivity index (χ4v) is 3.07. The Morgan fingerprint density at radius 1 is 1.33 bits per heavy atom. The van der Waals surface area contributed by atoms with Gasteiger partial charge in [-0.3, -0.25) is 9.59 Å². The van der Waals surface area contributed by atoms with Crippen LogP contribution in [0.4, 0.5) is 5.69 Å². The first-order valence-corrected chi connectivity index (χ1v) is 7.47. The average molecular weight is 288 g/mol. The second kappa shape index (κ2) is 5.85. The zero-order chi connectivity index (χ0) is 14.8. The molecule has 5 nitrogen and oxygen atoms in total. The highest BCUT2D eigenvalue weighted by Gasteiger charge is 2.39. The Bertz CT molecular complexity index is 526. The van der Waals surface area contributed by atoms with Crippen molar-refractivity contribution in [2.45, 2.75) is 44.4 Å². The van der Waals surface area contributed by atoms with Crippen LogP contribution in [0.15, 0.2) is 30.3 Å². The molecule has 21 heavy (non-hydrogen) atoms. The standard InChI is InChI=1S/C16H20N2O3/c1-11-10-13(17-15(19)14-8-5-9-21-14)16(20)18(11)12-6-3-2-4-7-12/h2-4,6-7,11,13-14H,5,8-10H2,1H3,(H,17,19). The summed E-state index contributed by atoms with van der Waals surface area (Å²) >= 11 is 0. The van der Waals surface area contributed by atoms with Crippen LogP contribution in [-0.4, -0.2) is 36.6 Å². The summed E-state index contributed by atoms with van der Waals surface area (Å²) in [5, 5.41) is 2.85. The highest BCUT2D eigenvalue weighted by Crippen LogP contribution is 2.26. The van der Waals surface area contributed by atoms with Gasteiger partial charge in [0.15, 0.2) is 0 Å². The second-order valence-electron chi connectivity index (χ2n) is 5.69. The third-order valence-corrected chi connectivity index (χ3v) is 4.13. The van der Waals surface area contributed by atoms with E-state index in [2.05, 4.69) is 5.32 Å². The summed E-state index contributed by atoms with van der Waals surface area (Å²) in [4.78, 5) is 26.4. The van der Waals surface area contributed by atoms with E-state index in [9.17, 15) is 9.59 Å². The Labute approximate surface area is 124 Å². The molecule has 2 heterocycles. The molecule has 1 aromatic rings. The van der Waals surface area contributed by atoms with E-state index in [0.717, 1.165) is 18.5 Å². The van der Waals surface area contributed by atoms with Gasteiger partial charge in [-0.2, -0.15) is 0 Å². The van der Waals surface area contributed by atoms with Gasteiger partial charge in [-0.1, -0.05) is 18.2 Å². The maximum absolute atomic E-state index is 12.5. The number of carbonyl (C=O) groups excluding carboxylic acids is 2. The van der Waals surface area contributed by atoms with Crippen LogP contribution in [0.5, 0.6) is 0 Å². The number of nitrogens with one attached hydrogen (secondary N) is 1. The normalized spacial score (nSPS) is 28.9. The Morgan fingerprint density at radius 2 is 2.10 bits per heavy atom. The van der Waals surface area contributed by atoms with E-state index < -0.39 is 6.04 Å². The molecule has 3 atom stereocenters. The minimum absolute atomic E-state index is 0.0416. The quantitative estimate of drug-likeness (QED) is 0.916. The number of rotatable bonds is 3. The van der Waals surface area contributed by atoms with Gasteiger partial charge < -0.3 is 15.0 Å². The van der Waals surface area contributed by atoms with E-state index in [1.54, 1.807) is 4.90 Å². The van der Waals surface area contributed by atoms with Gasteiger partial charge >= 0.3 is 0 Å². The lowest BCUT2D eigenvalue weighted by Gasteiger charge is -2.21. The second-order valence-corrected chi connectivity index (χ2v) is 5.69. The van der Waals surface area contributed by atoms with Crippen molar-refractivity contribution in [3.05, 3.63) is 30.3 Å². The number of ether oxygens (including phenoxy) is 1. The molecule has 2 fully saturated rings. The number of anilines is 1. The Kier molecular flexibility index (Phi) is 3.92. The van der Waals surface area contributed by atoms with Crippen LogP contribution in [0.25, 0.3) is 0 Å². The van der Waals surface area contributed by atoms with Gasteiger partial charge in [-0.15, -0.1) is 0 Å². The molecule has 0 bridgehead atoms. The number of nitrogens with zero attached hydrogens (tertiary/aromatic N) is 1. The molecule has 3 rings (SSSR count). The molecule has 3 unspecified atom stereocenters. The third kappa shape index (κ3) is 2.78. The smallest absolute Gasteiger partial charge is 0.249 e. The van der Waals surface area contributed by atoms with Gasteiger partial charge in [-0.25, -0.2) is 0 Å². The summed E-state index contributed by atoms with van der Waals surface area (Å²) in [6.45, 7) is 2.63. The minimum atomic E-state index is -0.447. The molecule has 2 aliphatic heterocycles. The van der Waals surface area contributed by atoms with Crippen LogP contribution < -0.4 is 10.2 Å². The lowest BCUT2D eigenvalue weighted by molar-refractivity contribution is -0.133. The molecule has 1 N–H and O–H groups in total. The first-order chi connectivity index (χ1) is 10.2. The highest BCUT2D eigenvalue weighted by molar-refractivity contribution is 6.02. The monoisotopic (exact) mass is 288 g/mol. The summed E-state index contributed by atoms with van der Waals surface area (Å²) in [7, 11) is 0. The summed E-state index contributed by atoms with van der Waals surface area (Å²) in [6.07, 6.45) is 1.89. The predicted octanol–water partition coefficient (Wildman–Crippen LogP) is 1.48. The predicted molar refractivity (Wildman–Crippen MR) is 78.9 cm³/mol. The summed E-state index contributed by atoms with van der Waals surface area (Å²) in [6, 6.07) is 9.20. The van der Waals surface area contributed by atoms with E-state index in [4.69, 9.17) is 4.74 Å². The van der Waals surface area contributed by atoms with Crippen LogP contribution in [-0.2, 0) is 14.3 Å². The number of hydrogen-bond donors (Lipinski definition) is 1. The number of hydrogen-bond acceptors (Lipinski definition) is 3. The maximum atomic E-state index is 12.5. The maximum Gasteiger partial charge on any atom is 0.249 e.